The van der Waals surface area contributed by atoms with Gasteiger partial charge >= 0.3 is 0 Å². The molecule has 0 unspecified atom stereocenters. The number of aromatic amines is 1. The first-order valence-corrected chi connectivity index (χ1v) is 16.6. The van der Waals surface area contributed by atoms with Crippen LogP contribution in [0.1, 0.15) is 63.8 Å². The number of nitrogens with zero attached hydrogens (tertiary/aromatic N) is 2. The highest BCUT2D eigenvalue weighted by molar-refractivity contribution is 6.16. The van der Waals surface area contributed by atoms with Gasteiger partial charge in [-0.15, -0.1) is 0 Å². The summed E-state index contributed by atoms with van der Waals surface area (Å²) in [5.41, 5.74) is 16.3. The number of fused-ring (bicyclic) bond motifs is 3. The molecule has 0 aliphatic carbocycles. The van der Waals surface area contributed by atoms with Crippen LogP contribution in [0.2, 0.25) is 0 Å². The molecule has 0 spiro atoms. The summed E-state index contributed by atoms with van der Waals surface area (Å²) in [7, 11) is 0. The van der Waals surface area contributed by atoms with E-state index in [0.717, 1.165) is 33.5 Å². The average molecular weight is 614 g/mol. The van der Waals surface area contributed by atoms with Crippen LogP contribution in [0.25, 0.3) is 66.6 Å². The van der Waals surface area contributed by atoms with Crippen molar-refractivity contribution in [1.29, 1.82) is 0 Å². The van der Waals surface area contributed by atoms with Gasteiger partial charge in [0.15, 0.2) is 0 Å². The zero-order valence-electron chi connectivity index (χ0n) is 28.8. The van der Waals surface area contributed by atoms with E-state index in [1.165, 1.54) is 55.3 Å². The molecule has 0 saturated carbocycles. The summed E-state index contributed by atoms with van der Waals surface area (Å²) in [4.78, 5) is 13.6. The van der Waals surface area contributed by atoms with E-state index in [-0.39, 0.29) is 10.8 Å². The monoisotopic (exact) mass is 613 g/mol. The Kier molecular flexibility index (Phi) is 7.39. The molecule has 3 heteroatoms. The van der Waals surface area contributed by atoms with Crippen molar-refractivity contribution in [3.05, 3.63) is 132 Å². The van der Waals surface area contributed by atoms with Crippen LogP contribution in [-0.4, -0.2) is 15.0 Å². The zero-order chi connectivity index (χ0) is 33.1. The minimum atomic E-state index is -0.0434. The van der Waals surface area contributed by atoms with E-state index < -0.39 is 0 Å². The minimum absolute atomic E-state index is 0.0309. The number of rotatable bonds is 4. The Labute approximate surface area is 278 Å². The van der Waals surface area contributed by atoms with E-state index in [1.807, 2.05) is 24.5 Å². The van der Waals surface area contributed by atoms with E-state index in [4.69, 9.17) is 4.98 Å². The van der Waals surface area contributed by atoms with Crippen molar-refractivity contribution in [2.24, 2.45) is 0 Å². The van der Waals surface area contributed by atoms with Gasteiger partial charge in [-0.05, 0) is 118 Å². The van der Waals surface area contributed by atoms with Crippen molar-refractivity contribution < 1.29 is 0 Å². The molecule has 0 atom stereocenters. The van der Waals surface area contributed by atoms with Gasteiger partial charge in [0.05, 0.1) is 22.4 Å². The molecule has 7 rings (SSSR count). The molecule has 0 bridgehead atoms. The molecule has 47 heavy (non-hydrogen) atoms. The second kappa shape index (κ2) is 11.3. The molecule has 3 nitrogen and oxygen atoms in total. The first-order chi connectivity index (χ1) is 22.4. The molecule has 0 saturated heterocycles. The second-order valence-corrected chi connectivity index (χ2v) is 15.0. The third-order valence-corrected chi connectivity index (χ3v) is 9.49. The topological polar surface area (TPSA) is 41.6 Å². The Hall–Kier alpha value is -5.02. The highest BCUT2D eigenvalue weighted by Gasteiger charge is 2.24. The standard InChI is InChI=1S/C44H43N3/c1-27-13-11-14-28(2)40(27)31-18-20-46-39(22-31)37-26-33(44(6,7)8)25-36-35-24-32(43(3,4)5)23-34(41(35)47-42(36)37)29-15-12-16-30(21-29)38-17-9-10-19-45-38/h9-26,47H,1-8H3. The SMILES string of the molecule is Cc1cccc(C)c1-c1ccnc(-c2cc(C(C)(C)C)cc3c2[nH]c2c(-c4cccc(-c5ccccn5)c4)cc(C(C)(C)C)cc23)c1. The van der Waals surface area contributed by atoms with Gasteiger partial charge in [0, 0.05) is 39.9 Å². The van der Waals surface area contributed by atoms with E-state index >= 15 is 0 Å². The van der Waals surface area contributed by atoms with Crippen molar-refractivity contribution in [3.8, 4) is 44.8 Å². The lowest BCUT2D eigenvalue weighted by Gasteiger charge is -2.22. The van der Waals surface area contributed by atoms with E-state index in [9.17, 15) is 0 Å². The lowest BCUT2D eigenvalue weighted by atomic mass is 9.82. The maximum Gasteiger partial charge on any atom is 0.0729 e. The maximum atomic E-state index is 4.99. The normalized spacial score (nSPS) is 12.3. The molecule has 4 aromatic carbocycles. The third kappa shape index (κ3) is 5.65. The Morgan fingerprint density at radius 2 is 1.09 bits per heavy atom. The Balaban J connectivity index is 1.53. The van der Waals surface area contributed by atoms with Crippen LogP contribution in [0.15, 0.2) is 109 Å². The Morgan fingerprint density at radius 1 is 0.489 bits per heavy atom. The molecule has 3 heterocycles. The molecule has 0 amide bonds. The zero-order valence-corrected chi connectivity index (χ0v) is 28.8. The summed E-state index contributed by atoms with van der Waals surface area (Å²) in [6, 6.07) is 35.3. The van der Waals surface area contributed by atoms with Gasteiger partial charge in [0.1, 0.15) is 0 Å². The van der Waals surface area contributed by atoms with Crippen LogP contribution in [0.3, 0.4) is 0 Å². The predicted molar refractivity (Wildman–Crippen MR) is 200 cm³/mol. The van der Waals surface area contributed by atoms with Crippen LogP contribution in [-0.2, 0) is 10.8 Å². The average Bonchev–Trinajstić information content (AvgIpc) is 3.42. The van der Waals surface area contributed by atoms with E-state index in [0.29, 0.717) is 0 Å². The van der Waals surface area contributed by atoms with Crippen molar-refractivity contribution in [2.45, 2.75) is 66.2 Å². The van der Waals surface area contributed by atoms with Gasteiger partial charge in [-0.1, -0.05) is 84.0 Å². The first kappa shape index (κ1) is 30.6. The quantitative estimate of drug-likeness (QED) is 0.215. The fourth-order valence-corrected chi connectivity index (χ4v) is 6.78. The van der Waals surface area contributed by atoms with Crippen LogP contribution in [0.5, 0.6) is 0 Å². The van der Waals surface area contributed by atoms with E-state index in [1.54, 1.807) is 0 Å². The molecule has 0 fully saturated rings. The van der Waals surface area contributed by atoms with Crippen molar-refractivity contribution in [1.82, 2.24) is 15.0 Å². The van der Waals surface area contributed by atoms with E-state index in [2.05, 4.69) is 150 Å². The van der Waals surface area contributed by atoms with Gasteiger partial charge < -0.3 is 4.98 Å². The summed E-state index contributed by atoms with van der Waals surface area (Å²) in [5.74, 6) is 0. The van der Waals surface area contributed by atoms with Crippen molar-refractivity contribution in [3.63, 3.8) is 0 Å². The summed E-state index contributed by atoms with van der Waals surface area (Å²) in [5, 5.41) is 2.47. The molecule has 0 aliphatic heterocycles. The summed E-state index contributed by atoms with van der Waals surface area (Å²) in [6.45, 7) is 18.2. The molecule has 1 N–H and O–H groups in total. The van der Waals surface area contributed by atoms with Crippen LogP contribution < -0.4 is 0 Å². The summed E-state index contributed by atoms with van der Waals surface area (Å²) in [6.07, 6.45) is 3.82. The number of hydrogen-bond acceptors (Lipinski definition) is 2. The largest absolute Gasteiger partial charge is 0.353 e. The molecule has 0 aliphatic rings. The number of aryl methyl sites for hydroxylation is 2. The number of benzene rings is 4. The molecule has 0 radical (unpaired) electrons. The Morgan fingerprint density at radius 3 is 1.72 bits per heavy atom. The predicted octanol–water partition coefficient (Wildman–Crippen LogP) is 12.0. The van der Waals surface area contributed by atoms with Gasteiger partial charge in [0.2, 0.25) is 0 Å². The fourth-order valence-electron chi connectivity index (χ4n) is 6.78. The first-order valence-electron chi connectivity index (χ1n) is 16.6. The molecule has 234 valence electrons. The molecular formula is C44H43N3. The molecular weight excluding hydrogens is 571 g/mol. The number of pyridine rings is 2. The highest BCUT2D eigenvalue weighted by atomic mass is 14.7. The lowest BCUT2D eigenvalue weighted by Crippen LogP contribution is -2.11. The number of H-pyrrole nitrogens is 1. The smallest absolute Gasteiger partial charge is 0.0729 e. The van der Waals surface area contributed by atoms with Crippen LogP contribution in [0, 0.1) is 13.8 Å². The van der Waals surface area contributed by atoms with Crippen molar-refractivity contribution in [2.75, 3.05) is 0 Å². The maximum absolute atomic E-state index is 4.99. The second-order valence-electron chi connectivity index (χ2n) is 15.0. The van der Waals surface area contributed by atoms with Crippen LogP contribution in [0.4, 0.5) is 0 Å². The number of aromatic nitrogens is 3. The van der Waals surface area contributed by atoms with Crippen molar-refractivity contribution >= 4 is 21.8 Å². The summed E-state index contributed by atoms with van der Waals surface area (Å²) < 4.78 is 0. The fraction of sp³-hybridized carbons (Fsp3) is 0.227. The van der Waals surface area contributed by atoms with Gasteiger partial charge in [-0.25, -0.2) is 0 Å². The van der Waals surface area contributed by atoms with Crippen LogP contribution >= 0.6 is 0 Å². The lowest BCUT2D eigenvalue weighted by molar-refractivity contribution is 0.590. The van der Waals surface area contributed by atoms with Gasteiger partial charge in [-0.3, -0.25) is 9.97 Å². The molecule has 7 aromatic rings. The minimum Gasteiger partial charge on any atom is -0.353 e. The number of nitrogens with one attached hydrogen (secondary N) is 1. The Bertz CT molecular complexity index is 2250. The number of hydrogen-bond donors (Lipinski definition) is 1. The third-order valence-electron chi connectivity index (χ3n) is 9.49. The molecule has 3 aromatic heterocycles. The highest BCUT2D eigenvalue weighted by Crippen LogP contribution is 2.43. The van der Waals surface area contributed by atoms with Gasteiger partial charge in [-0.2, -0.15) is 0 Å². The summed E-state index contributed by atoms with van der Waals surface area (Å²) >= 11 is 0. The van der Waals surface area contributed by atoms with Gasteiger partial charge in [0.25, 0.3) is 0 Å².